The Labute approximate surface area is 150 Å². The maximum atomic E-state index is 10.8. The van der Waals surface area contributed by atoms with E-state index in [2.05, 4.69) is 43.2 Å². The molecule has 3 unspecified atom stereocenters. The highest BCUT2D eigenvalue weighted by Crippen LogP contribution is 2.52. The number of hydrogen-bond donors (Lipinski definition) is 2. The van der Waals surface area contributed by atoms with E-state index in [9.17, 15) is 10.4 Å². The third kappa shape index (κ3) is 2.70. The van der Waals surface area contributed by atoms with Gasteiger partial charge in [0.15, 0.2) is 0 Å². The monoisotopic (exact) mass is 339 g/mol. The quantitative estimate of drug-likeness (QED) is 0.889. The lowest BCUT2D eigenvalue weighted by atomic mass is 9.66. The fraction of sp³-hybridized carbons (Fsp3) is 0.667. The SMILES string of the molecule is CC(C)C1N(C)CC12C[C@@H](O)[C@H](NC1CCc3ccc(C#N)cc31)C2. The molecule has 0 radical (unpaired) electrons. The first-order chi connectivity index (χ1) is 11.9. The van der Waals surface area contributed by atoms with Crippen molar-refractivity contribution in [2.75, 3.05) is 13.6 Å². The van der Waals surface area contributed by atoms with E-state index < -0.39 is 0 Å². The molecule has 2 aliphatic carbocycles. The third-order valence-electron chi connectivity index (χ3n) is 6.77. The van der Waals surface area contributed by atoms with Crippen LogP contribution in [0, 0.1) is 22.7 Å². The second kappa shape index (κ2) is 6.09. The molecule has 3 aliphatic rings. The van der Waals surface area contributed by atoms with Gasteiger partial charge in [-0.15, -0.1) is 0 Å². The minimum Gasteiger partial charge on any atom is -0.391 e. The van der Waals surface area contributed by atoms with Gasteiger partial charge in [-0.1, -0.05) is 19.9 Å². The molecule has 1 aliphatic heterocycles. The lowest BCUT2D eigenvalue weighted by molar-refractivity contribution is -0.0828. The molecule has 134 valence electrons. The van der Waals surface area contributed by atoms with E-state index in [0.29, 0.717) is 12.0 Å². The Bertz CT molecular complexity index is 705. The molecule has 2 N–H and O–H groups in total. The molecule has 1 spiro atoms. The van der Waals surface area contributed by atoms with Gasteiger partial charge in [0, 0.05) is 30.1 Å². The number of aliphatic hydroxyl groups is 1. The van der Waals surface area contributed by atoms with Crippen molar-refractivity contribution >= 4 is 0 Å². The maximum Gasteiger partial charge on any atom is 0.0991 e. The molecule has 25 heavy (non-hydrogen) atoms. The van der Waals surface area contributed by atoms with E-state index >= 15 is 0 Å². The Kier molecular flexibility index (Phi) is 4.15. The molecule has 4 rings (SSSR count). The van der Waals surface area contributed by atoms with Gasteiger partial charge in [-0.2, -0.15) is 5.26 Å². The number of nitriles is 1. The first kappa shape index (κ1) is 17.0. The average Bonchev–Trinajstić information content (AvgIpc) is 3.09. The van der Waals surface area contributed by atoms with Crippen LogP contribution < -0.4 is 5.32 Å². The van der Waals surface area contributed by atoms with Crippen LogP contribution in [0.4, 0.5) is 0 Å². The predicted molar refractivity (Wildman–Crippen MR) is 98.1 cm³/mol. The highest BCUT2D eigenvalue weighted by atomic mass is 16.3. The summed E-state index contributed by atoms with van der Waals surface area (Å²) in [5.74, 6) is 0.620. The second-order valence-corrected chi connectivity index (χ2v) is 8.83. The predicted octanol–water partition coefficient (Wildman–Crippen LogP) is 2.61. The number of rotatable bonds is 3. The number of benzene rings is 1. The first-order valence-corrected chi connectivity index (χ1v) is 9.61. The van der Waals surface area contributed by atoms with Crippen LogP contribution >= 0.6 is 0 Å². The number of aliphatic hydroxyl groups excluding tert-OH is 1. The van der Waals surface area contributed by atoms with E-state index in [1.165, 1.54) is 11.1 Å². The molecular formula is C21H29N3O. The summed E-state index contributed by atoms with van der Waals surface area (Å²) in [6.45, 7) is 5.70. The van der Waals surface area contributed by atoms with Crippen molar-refractivity contribution in [3.05, 3.63) is 34.9 Å². The zero-order valence-electron chi connectivity index (χ0n) is 15.5. The van der Waals surface area contributed by atoms with Crippen molar-refractivity contribution in [1.29, 1.82) is 5.26 Å². The number of aryl methyl sites for hydroxylation is 1. The van der Waals surface area contributed by atoms with Gasteiger partial charge in [0.05, 0.1) is 17.7 Å². The molecule has 1 saturated heterocycles. The van der Waals surface area contributed by atoms with Crippen LogP contribution in [0.5, 0.6) is 0 Å². The molecule has 0 amide bonds. The number of nitrogens with one attached hydrogen (secondary N) is 1. The zero-order valence-corrected chi connectivity index (χ0v) is 15.5. The summed E-state index contributed by atoms with van der Waals surface area (Å²) in [7, 11) is 2.21. The molecule has 0 aromatic heterocycles. The topological polar surface area (TPSA) is 59.3 Å². The first-order valence-electron chi connectivity index (χ1n) is 9.61. The van der Waals surface area contributed by atoms with Crippen LogP contribution in [0.3, 0.4) is 0 Å². The Morgan fingerprint density at radius 2 is 2.16 bits per heavy atom. The van der Waals surface area contributed by atoms with Crippen LogP contribution in [0.2, 0.25) is 0 Å². The molecule has 4 nitrogen and oxygen atoms in total. The molecule has 1 aromatic rings. The molecular weight excluding hydrogens is 310 g/mol. The molecule has 4 heteroatoms. The number of fused-ring (bicyclic) bond motifs is 1. The van der Waals surface area contributed by atoms with Crippen LogP contribution in [-0.2, 0) is 6.42 Å². The van der Waals surface area contributed by atoms with E-state index in [-0.39, 0.29) is 23.6 Å². The Balaban J connectivity index is 1.50. The van der Waals surface area contributed by atoms with Gasteiger partial charge < -0.3 is 15.3 Å². The summed E-state index contributed by atoms with van der Waals surface area (Å²) in [6.07, 6.45) is 3.83. The van der Waals surface area contributed by atoms with Crippen LogP contribution in [0.1, 0.15) is 55.8 Å². The summed E-state index contributed by atoms with van der Waals surface area (Å²) in [4.78, 5) is 2.45. The van der Waals surface area contributed by atoms with Crippen LogP contribution in [0.15, 0.2) is 18.2 Å². The third-order valence-corrected chi connectivity index (χ3v) is 6.77. The largest absolute Gasteiger partial charge is 0.391 e. The summed E-state index contributed by atoms with van der Waals surface area (Å²) >= 11 is 0. The van der Waals surface area contributed by atoms with Gasteiger partial charge in [0.25, 0.3) is 0 Å². The van der Waals surface area contributed by atoms with E-state index in [1.54, 1.807) is 0 Å². The highest BCUT2D eigenvalue weighted by molar-refractivity contribution is 5.42. The standard InChI is InChI=1S/C21H29N3O/c1-13(2)20-21(12-24(20)3)9-18(19(25)10-21)23-17-7-6-15-5-4-14(11-22)8-16(15)17/h4-5,8,13,17-20,23,25H,6-7,9-10,12H2,1-3H3/t17?,18-,19-,20?,21?/m1/s1. The Morgan fingerprint density at radius 1 is 1.36 bits per heavy atom. The molecule has 2 fully saturated rings. The van der Waals surface area contributed by atoms with Crippen molar-refractivity contribution < 1.29 is 5.11 Å². The van der Waals surface area contributed by atoms with Crippen molar-refractivity contribution in [3.8, 4) is 6.07 Å². The molecule has 5 atom stereocenters. The van der Waals surface area contributed by atoms with Gasteiger partial charge >= 0.3 is 0 Å². The van der Waals surface area contributed by atoms with E-state index in [0.717, 1.165) is 37.8 Å². The van der Waals surface area contributed by atoms with Crippen molar-refractivity contribution in [2.24, 2.45) is 11.3 Å². The minimum atomic E-state index is -0.266. The summed E-state index contributed by atoms with van der Waals surface area (Å²) in [5, 5.41) is 23.7. The summed E-state index contributed by atoms with van der Waals surface area (Å²) < 4.78 is 0. The van der Waals surface area contributed by atoms with Crippen molar-refractivity contribution in [2.45, 2.75) is 63.8 Å². The second-order valence-electron chi connectivity index (χ2n) is 8.83. The van der Waals surface area contributed by atoms with Crippen LogP contribution in [0.25, 0.3) is 0 Å². The molecule has 1 aromatic carbocycles. The van der Waals surface area contributed by atoms with Crippen molar-refractivity contribution in [1.82, 2.24) is 10.2 Å². The van der Waals surface area contributed by atoms with Gasteiger partial charge in [-0.3, -0.25) is 0 Å². The smallest absolute Gasteiger partial charge is 0.0991 e. The van der Waals surface area contributed by atoms with Crippen LogP contribution in [-0.4, -0.2) is 41.8 Å². The Hall–Kier alpha value is -1.41. The molecule has 1 heterocycles. The summed E-state index contributed by atoms with van der Waals surface area (Å²) in [5.41, 5.74) is 3.62. The van der Waals surface area contributed by atoms with Gasteiger partial charge in [-0.25, -0.2) is 0 Å². The highest BCUT2D eigenvalue weighted by Gasteiger charge is 2.58. The normalized spacial score (nSPS) is 37.3. The maximum absolute atomic E-state index is 10.8. The van der Waals surface area contributed by atoms with Gasteiger partial charge in [-0.05, 0) is 61.9 Å². The number of likely N-dealkylation sites (tertiary alicyclic amines) is 1. The van der Waals surface area contributed by atoms with E-state index in [4.69, 9.17) is 0 Å². The fourth-order valence-corrected chi connectivity index (χ4v) is 6.12. The lowest BCUT2D eigenvalue weighted by Crippen LogP contribution is -2.64. The molecule has 1 saturated carbocycles. The zero-order chi connectivity index (χ0) is 17.8. The van der Waals surface area contributed by atoms with Gasteiger partial charge in [0.2, 0.25) is 0 Å². The fourth-order valence-electron chi connectivity index (χ4n) is 6.12. The number of hydrogen-bond acceptors (Lipinski definition) is 4. The molecule has 0 bridgehead atoms. The summed E-state index contributed by atoms with van der Waals surface area (Å²) in [6, 6.07) is 9.31. The minimum absolute atomic E-state index is 0.164. The van der Waals surface area contributed by atoms with Crippen molar-refractivity contribution in [3.63, 3.8) is 0 Å². The van der Waals surface area contributed by atoms with E-state index in [1.807, 2.05) is 12.1 Å². The van der Waals surface area contributed by atoms with Gasteiger partial charge in [0.1, 0.15) is 0 Å². The average molecular weight is 339 g/mol. The lowest BCUT2D eigenvalue weighted by Gasteiger charge is -2.57. The Morgan fingerprint density at radius 3 is 2.84 bits per heavy atom. The number of nitrogens with zero attached hydrogens (tertiary/aromatic N) is 2.